The molecule has 0 radical (unpaired) electrons. The average molecular weight is 288 g/mol. The van der Waals surface area contributed by atoms with E-state index in [1.807, 2.05) is 18.2 Å². The topological polar surface area (TPSA) is 64.4 Å². The van der Waals surface area contributed by atoms with Gasteiger partial charge < -0.3 is 15.8 Å². The first-order valence-electron chi connectivity index (χ1n) is 6.59. The zero-order valence-corrected chi connectivity index (χ0v) is 11.5. The van der Waals surface area contributed by atoms with E-state index in [1.54, 1.807) is 18.2 Å². The van der Waals surface area contributed by atoms with Gasteiger partial charge in [0, 0.05) is 13.1 Å². The fraction of sp³-hybridized carbons (Fsp3) is 0.188. The Kier molecular flexibility index (Phi) is 5.29. The molecule has 0 heterocycles. The van der Waals surface area contributed by atoms with Crippen molar-refractivity contribution in [1.29, 1.82) is 0 Å². The maximum atomic E-state index is 13.0. The number of benzene rings is 2. The zero-order chi connectivity index (χ0) is 15.1. The van der Waals surface area contributed by atoms with Gasteiger partial charge >= 0.3 is 0 Å². The smallest absolute Gasteiger partial charge is 0.255 e. The molecule has 0 saturated heterocycles. The van der Waals surface area contributed by atoms with Gasteiger partial charge in [0.1, 0.15) is 11.6 Å². The molecule has 5 heteroatoms. The van der Waals surface area contributed by atoms with Crippen LogP contribution in [0.25, 0.3) is 0 Å². The Morgan fingerprint density at radius 3 is 2.48 bits per heavy atom. The Labute approximate surface area is 122 Å². The third-order valence-corrected chi connectivity index (χ3v) is 2.85. The van der Waals surface area contributed by atoms with Crippen molar-refractivity contribution in [2.45, 2.75) is 13.1 Å². The maximum absolute atomic E-state index is 13.0. The highest BCUT2D eigenvalue weighted by atomic mass is 19.1. The van der Waals surface area contributed by atoms with Crippen molar-refractivity contribution in [2.24, 2.45) is 5.73 Å². The second-order valence-corrected chi connectivity index (χ2v) is 4.63. The van der Waals surface area contributed by atoms with Crippen LogP contribution in [0.4, 0.5) is 4.39 Å². The first kappa shape index (κ1) is 15.0. The van der Waals surface area contributed by atoms with Crippen LogP contribution in [0, 0.1) is 5.82 Å². The number of amides is 1. The van der Waals surface area contributed by atoms with Gasteiger partial charge in [0.25, 0.3) is 5.91 Å². The summed E-state index contributed by atoms with van der Waals surface area (Å²) in [4.78, 5) is 10.6. The Morgan fingerprint density at radius 1 is 1.10 bits per heavy atom. The van der Waals surface area contributed by atoms with Gasteiger partial charge in [-0.15, -0.1) is 0 Å². The van der Waals surface area contributed by atoms with Gasteiger partial charge in [-0.2, -0.15) is 0 Å². The summed E-state index contributed by atoms with van der Waals surface area (Å²) in [6, 6.07) is 13.9. The molecule has 110 valence electrons. The number of hydrogen-bond acceptors (Lipinski definition) is 3. The first-order valence-corrected chi connectivity index (χ1v) is 6.59. The van der Waals surface area contributed by atoms with Crippen LogP contribution in [0.3, 0.4) is 0 Å². The van der Waals surface area contributed by atoms with Crippen LogP contribution in [-0.4, -0.2) is 12.5 Å². The highest BCUT2D eigenvalue weighted by molar-refractivity contribution is 5.75. The highest BCUT2D eigenvalue weighted by Crippen LogP contribution is 2.12. The van der Waals surface area contributed by atoms with Crippen molar-refractivity contribution in [2.75, 3.05) is 6.61 Å². The molecule has 2 aromatic rings. The largest absolute Gasteiger partial charge is 0.484 e. The number of nitrogens with two attached hydrogens (primary N) is 1. The van der Waals surface area contributed by atoms with E-state index >= 15 is 0 Å². The average Bonchev–Trinajstić information content (AvgIpc) is 2.46. The molecular formula is C16H17FN2O2. The van der Waals surface area contributed by atoms with E-state index in [-0.39, 0.29) is 12.4 Å². The molecule has 2 aromatic carbocycles. The van der Waals surface area contributed by atoms with Crippen LogP contribution in [0.2, 0.25) is 0 Å². The van der Waals surface area contributed by atoms with E-state index in [4.69, 9.17) is 10.5 Å². The number of halogens is 1. The second kappa shape index (κ2) is 7.40. The molecular weight excluding hydrogens is 271 g/mol. The minimum absolute atomic E-state index is 0.128. The van der Waals surface area contributed by atoms with E-state index in [1.165, 1.54) is 12.1 Å². The quantitative estimate of drug-likeness (QED) is 0.819. The summed E-state index contributed by atoms with van der Waals surface area (Å²) < 4.78 is 18.2. The normalized spacial score (nSPS) is 10.3. The minimum atomic E-state index is -0.504. The number of nitrogens with one attached hydrogen (secondary N) is 1. The Morgan fingerprint density at radius 2 is 1.81 bits per heavy atom. The number of carbonyl (C=O) groups is 1. The molecule has 21 heavy (non-hydrogen) atoms. The van der Waals surface area contributed by atoms with E-state index < -0.39 is 5.91 Å². The van der Waals surface area contributed by atoms with Gasteiger partial charge in [0.15, 0.2) is 6.61 Å². The summed E-state index contributed by atoms with van der Waals surface area (Å²) in [5.74, 6) is -0.135. The minimum Gasteiger partial charge on any atom is -0.484 e. The van der Waals surface area contributed by atoms with Gasteiger partial charge in [-0.25, -0.2) is 4.39 Å². The summed E-state index contributed by atoms with van der Waals surface area (Å²) in [6.07, 6.45) is 0. The molecule has 4 nitrogen and oxygen atoms in total. The summed E-state index contributed by atoms with van der Waals surface area (Å²) in [6.45, 7) is 1.13. The zero-order valence-electron chi connectivity index (χ0n) is 11.5. The van der Waals surface area contributed by atoms with Crippen molar-refractivity contribution in [1.82, 2.24) is 5.32 Å². The number of primary amides is 1. The number of rotatable bonds is 7. The molecule has 0 unspecified atom stereocenters. The Bertz CT molecular complexity index is 599. The standard InChI is InChI=1S/C16H17FN2O2/c17-14-3-1-2-13(8-14)10-19-9-12-4-6-15(7-5-12)21-11-16(18)20/h1-8,19H,9-11H2,(H2,18,20). The highest BCUT2D eigenvalue weighted by Gasteiger charge is 1.99. The maximum Gasteiger partial charge on any atom is 0.255 e. The van der Waals surface area contributed by atoms with Gasteiger partial charge in [0.05, 0.1) is 0 Å². The van der Waals surface area contributed by atoms with Crippen LogP contribution < -0.4 is 15.8 Å². The van der Waals surface area contributed by atoms with Gasteiger partial charge in [-0.05, 0) is 35.4 Å². The molecule has 0 aromatic heterocycles. The molecule has 0 bridgehead atoms. The van der Waals surface area contributed by atoms with Crippen molar-refractivity contribution < 1.29 is 13.9 Å². The summed E-state index contributed by atoms with van der Waals surface area (Å²) in [7, 11) is 0. The third-order valence-electron chi connectivity index (χ3n) is 2.85. The molecule has 0 aliphatic carbocycles. The molecule has 0 saturated carbocycles. The van der Waals surface area contributed by atoms with Crippen LogP contribution >= 0.6 is 0 Å². The van der Waals surface area contributed by atoms with Crippen LogP contribution in [0.15, 0.2) is 48.5 Å². The molecule has 1 amide bonds. The molecule has 0 aliphatic rings. The fourth-order valence-corrected chi connectivity index (χ4v) is 1.86. The predicted octanol–water partition coefficient (Wildman–Crippen LogP) is 1.98. The lowest BCUT2D eigenvalue weighted by Gasteiger charge is -2.07. The number of hydrogen-bond donors (Lipinski definition) is 2. The molecule has 0 aliphatic heterocycles. The molecule has 2 rings (SSSR count). The molecule has 0 fully saturated rings. The number of carbonyl (C=O) groups excluding carboxylic acids is 1. The van der Waals surface area contributed by atoms with Crippen LogP contribution in [-0.2, 0) is 17.9 Å². The second-order valence-electron chi connectivity index (χ2n) is 4.63. The van der Waals surface area contributed by atoms with E-state index in [0.717, 1.165) is 11.1 Å². The first-order chi connectivity index (χ1) is 10.1. The van der Waals surface area contributed by atoms with Gasteiger partial charge in [-0.3, -0.25) is 4.79 Å². The van der Waals surface area contributed by atoms with Crippen LogP contribution in [0.5, 0.6) is 5.75 Å². The molecule has 3 N–H and O–H groups in total. The fourth-order valence-electron chi connectivity index (χ4n) is 1.86. The van der Waals surface area contributed by atoms with Crippen molar-refractivity contribution in [3.63, 3.8) is 0 Å². The third kappa shape index (κ3) is 5.24. The number of ether oxygens (including phenoxy) is 1. The SMILES string of the molecule is NC(=O)COc1ccc(CNCc2cccc(F)c2)cc1. The summed E-state index contributed by atoms with van der Waals surface area (Å²) in [5, 5.41) is 3.23. The lowest BCUT2D eigenvalue weighted by atomic mass is 10.2. The Balaban J connectivity index is 1.79. The summed E-state index contributed by atoms with van der Waals surface area (Å²) >= 11 is 0. The van der Waals surface area contributed by atoms with Crippen molar-refractivity contribution >= 4 is 5.91 Å². The summed E-state index contributed by atoms with van der Waals surface area (Å²) in [5.41, 5.74) is 6.97. The van der Waals surface area contributed by atoms with Gasteiger partial charge in [0.2, 0.25) is 0 Å². The van der Waals surface area contributed by atoms with Gasteiger partial charge in [-0.1, -0.05) is 24.3 Å². The predicted molar refractivity (Wildman–Crippen MR) is 78.1 cm³/mol. The van der Waals surface area contributed by atoms with Crippen molar-refractivity contribution in [3.8, 4) is 5.75 Å². The lowest BCUT2D eigenvalue weighted by Crippen LogP contribution is -2.20. The monoisotopic (exact) mass is 288 g/mol. The Hall–Kier alpha value is -2.40. The van der Waals surface area contributed by atoms with Crippen LogP contribution in [0.1, 0.15) is 11.1 Å². The molecule has 0 atom stereocenters. The van der Waals surface area contributed by atoms with E-state index in [2.05, 4.69) is 5.32 Å². The van der Waals surface area contributed by atoms with E-state index in [0.29, 0.717) is 18.8 Å². The molecule has 0 spiro atoms. The van der Waals surface area contributed by atoms with E-state index in [9.17, 15) is 9.18 Å². The lowest BCUT2D eigenvalue weighted by molar-refractivity contribution is -0.119. The van der Waals surface area contributed by atoms with Crippen molar-refractivity contribution in [3.05, 3.63) is 65.5 Å².